The molecule has 0 unspecified atom stereocenters. The summed E-state index contributed by atoms with van der Waals surface area (Å²) < 4.78 is 5.03. The van der Waals surface area contributed by atoms with E-state index in [1.165, 1.54) is 0 Å². The van der Waals surface area contributed by atoms with Crippen molar-refractivity contribution in [3.05, 3.63) is 57.6 Å². The maximum atomic E-state index is 6.34. The van der Waals surface area contributed by atoms with Gasteiger partial charge in [-0.05, 0) is 30.5 Å². The number of benzene rings is 1. The first-order valence-corrected chi connectivity index (χ1v) is 8.38. The molecule has 0 amide bonds. The third-order valence-electron chi connectivity index (χ3n) is 4.12. The molecular formula is C17H19Cl2N3O. The summed E-state index contributed by atoms with van der Waals surface area (Å²) in [7, 11) is 1.68. The lowest BCUT2D eigenvalue weighted by Gasteiger charge is -2.19. The van der Waals surface area contributed by atoms with Crippen LogP contribution < -0.4 is 5.32 Å². The van der Waals surface area contributed by atoms with Crippen molar-refractivity contribution in [1.29, 1.82) is 0 Å². The third-order valence-corrected chi connectivity index (χ3v) is 4.66. The van der Waals surface area contributed by atoms with E-state index in [0.717, 1.165) is 36.2 Å². The SMILES string of the molecule is COCCc1ncc(CNC2(c3ccc(Cl)cc3Cl)CC2)cn1. The lowest BCUT2D eigenvalue weighted by Crippen LogP contribution is -2.28. The zero-order valence-electron chi connectivity index (χ0n) is 13.0. The fourth-order valence-electron chi connectivity index (χ4n) is 2.61. The van der Waals surface area contributed by atoms with Crippen LogP contribution in [0.3, 0.4) is 0 Å². The van der Waals surface area contributed by atoms with Crippen molar-refractivity contribution in [2.75, 3.05) is 13.7 Å². The fourth-order valence-corrected chi connectivity index (χ4v) is 3.20. The quantitative estimate of drug-likeness (QED) is 0.824. The van der Waals surface area contributed by atoms with E-state index in [1.54, 1.807) is 13.2 Å². The Hall–Kier alpha value is -1.20. The molecule has 1 saturated carbocycles. The Morgan fingerprint density at radius 2 is 1.96 bits per heavy atom. The Kier molecular flexibility index (Phi) is 5.17. The van der Waals surface area contributed by atoms with Crippen molar-refractivity contribution >= 4 is 23.2 Å². The molecule has 122 valence electrons. The van der Waals surface area contributed by atoms with Gasteiger partial charge in [-0.2, -0.15) is 0 Å². The van der Waals surface area contributed by atoms with Gasteiger partial charge in [0.15, 0.2) is 0 Å². The van der Waals surface area contributed by atoms with Crippen LogP contribution in [0, 0.1) is 0 Å². The van der Waals surface area contributed by atoms with E-state index in [-0.39, 0.29) is 5.54 Å². The smallest absolute Gasteiger partial charge is 0.130 e. The molecule has 0 bridgehead atoms. The van der Waals surface area contributed by atoms with Crippen molar-refractivity contribution in [1.82, 2.24) is 15.3 Å². The molecule has 1 aromatic heterocycles. The minimum atomic E-state index is -0.0452. The summed E-state index contributed by atoms with van der Waals surface area (Å²) in [5, 5.41) is 4.97. The van der Waals surface area contributed by atoms with E-state index in [0.29, 0.717) is 23.2 Å². The second-order valence-electron chi connectivity index (χ2n) is 5.81. The standard InChI is InChI=1S/C17H19Cl2N3O/c1-23-7-4-16-20-9-12(10-21-16)11-22-17(5-6-17)14-3-2-13(18)8-15(14)19/h2-3,8-10,22H,4-7,11H2,1H3. The molecule has 2 aromatic rings. The van der Waals surface area contributed by atoms with Crippen LogP contribution in [-0.4, -0.2) is 23.7 Å². The molecule has 1 N–H and O–H groups in total. The number of aromatic nitrogens is 2. The largest absolute Gasteiger partial charge is 0.384 e. The number of ether oxygens (including phenoxy) is 1. The summed E-state index contributed by atoms with van der Waals surface area (Å²) in [6, 6.07) is 5.70. The maximum absolute atomic E-state index is 6.34. The molecule has 4 nitrogen and oxygen atoms in total. The molecule has 23 heavy (non-hydrogen) atoms. The molecule has 0 radical (unpaired) electrons. The van der Waals surface area contributed by atoms with Gasteiger partial charge >= 0.3 is 0 Å². The van der Waals surface area contributed by atoms with Crippen LogP contribution in [0.5, 0.6) is 0 Å². The van der Waals surface area contributed by atoms with Crippen LogP contribution in [0.15, 0.2) is 30.6 Å². The maximum Gasteiger partial charge on any atom is 0.130 e. The topological polar surface area (TPSA) is 47.0 Å². The van der Waals surface area contributed by atoms with E-state index in [4.69, 9.17) is 27.9 Å². The molecule has 1 aliphatic rings. The average molecular weight is 352 g/mol. The van der Waals surface area contributed by atoms with E-state index in [1.807, 2.05) is 24.5 Å². The fraction of sp³-hybridized carbons (Fsp3) is 0.412. The Bertz CT molecular complexity index is 672. The number of nitrogens with one attached hydrogen (secondary N) is 1. The number of hydrogen-bond donors (Lipinski definition) is 1. The Balaban J connectivity index is 1.63. The summed E-state index contributed by atoms with van der Waals surface area (Å²) in [4.78, 5) is 8.73. The van der Waals surface area contributed by atoms with E-state index in [2.05, 4.69) is 15.3 Å². The van der Waals surface area contributed by atoms with Gasteiger partial charge in [-0.3, -0.25) is 0 Å². The van der Waals surface area contributed by atoms with Gasteiger partial charge in [-0.1, -0.05) is 29.3 Å². The molecule has 1 aromatic carbocycles. The minimum Gasteiger partial charge on any atom is -0.384 e. The summed E-state index contributed by atoms with van der Waals surface area (Å²) in [6.07, 6.45) is 6.60. The Morgan fingerprint density at radius 3 is 2.57 bits per heavy atom. The zero-order chi connectivity index (χ0) is 16.3. The zero-order valence-corrected chi connectivity index (χ0v) is 14.5. The lowest BCUT2D eigenvalue weighted by atomic mass is 10.0. The number of hydrogen-bond acceptors (Lipinski definition) is 4. The van der Waals surface area contributed by atoms with Gasteiger partial charge in [0.1, 0.15) is 5.82 Å². The second-order valence-corrected chi connectivity index (χ2v) is 6.65. The van der Waals surface area contributed by atoms with Gasteiger partial charge in [0.25, 0.3) is 0 Å². The lowest BCUT2D eigenvalue weighted by molar-refractivity contribution is 0.200. The van der Waals surface area contributed by atoms with Crippen molar-refractivity contribution in [3.63, 3.8) is 0 Å². The number of rotatable bonds is 7. The average Bonchev–Trinajstić information content (AvgIpc) is 3.33. The molecular weight excluding hydrogens is 333 g/mol. The number of methoxy groups -OCH3 is 1. The van der Waals surface area contributed by atoms with Crippen LogP contribution in [0.2, 0.25) is 10.0 Å². The van der Waals surface area contributed by atoms with Gasteiger partial charge in [0, 0.05) is 53.6 Å². The van der Waals surface area contributed by atoms with Gasteiger partial charge in [0.2, 0.25) is 0 Å². The predicted octanol–water partition coefficient (Wildman–Crippen LogP) is 3.75. The molecule has 1 fully saturated rings. The third kappa shape index (κ3) is 4.01. The first-order valence-electron chi connectivity index (χ1n) is 7.62. The summed E-state index contributed by atoms with van der Waals surface area (Å²) >= 11 is 12.3. The van der Waals surface area contributed by atoms with Crippen molar-refractivity contribution < 1.29 is 4.74 Å². The highest BCUT2D eigenvalue weighted by molar-refractivity contribution is 6.35. The van der Waals surface area contributed by atoms with Crippen LogP contribution in [-0.2, 0) is 23.2 Å². The first kappa shape index (κ1) is 16.7. The highest BCUT2D eigenvalue weighted by Crippen LogP contribution is 2.48. The summed E-state index contributed by atoms with van der Waals surface area (Å²) in [5.74, 6) is 0.803. The Labute approximate surface area is 146 Å². The molecule has 0 atom stereocenters. The van der Waals surface area contributed by atoms with Crippen LogP contribution in [0.25, 0.3) is 0 Å². The van der Waals surface area contributed by atoms with E-state index >= 15 is 0 Å². The van der Waals surface area contributed by atoms with Crippen LogP contribution >= 0.6 is 23.2 Å². The van der Waals surface area contributed by atoms with Gasteiger partial charge in [0.05, 0.1) is 6.61 Å². The molecule has 0 saturated heterocycles. The van der Waals surface area contributed by atoms with E-state index < -0.39 is 0 Å². The van der Waals surface area contributed by atoms with Crippen molar-refractivity contribution in [2.45, 2.75) is 31.3 Å². The van der Waals surface area contributed by atoms with Gasteiger partial charge in [-0.15, -0.1) is 0 Å². The normalized spacial score (nSPS) is 15.6. The monoisotopic (exact) mass is 351 g/mol. The Morgan fingerprint density at radius 1 is 1.22 bits per heavy atom. The molecule has 0 spiro atoms. The molecule has 1 aliphatic carbocycles. The van der Waals surface area contributed by atoms with Crippen molar-refractivity contribution in [3.8, 4) is 0 Å². The van der Waals surface area contributed by atoms with Crippen LogP contribution in [0.4, 0.5) is 0 Å². The van der Waals surface area contributed by atoms with E-state index in [9.17, 15) is 0 Å². The van der Waals surface area contributed by atoms with Gasteiger partial charge < -0.3 is 10.1 Å². The highest BCUT2D eigenvalue weighted by Gasteiger charge is 2.45. The van der Waals surface area contributed by atoms with Crippen molar-refractivity contribution in [2.24, 2.45) is 0 Å². The van der Waals surface area contributed by atoms with Gasteiger partial charge in [-0.25, -0.2) is 9.97 Å². The van der Waals surface area contributed by atoms with Crippen LogP contribution in [0.1, 0.15) is 29.8 Å². The predicted molar refractivity (Wildman–Crippen MR) is 91.8 cm³/mol. The molecule has 0 aliphatic heterocycles. The molecule has 3 rings (SSSR count). The number of nitrogens with zero attached hydrogens (tertiary/aromatic N) is 2. The summed E-state index contributed by atoms with van der Waals surface area (Å²) in [6.45, 7) is 1.35. The second kappa shape index (κ2) is 7.14. The summed E-state index contributed by atoms with van der Waals surface area (Å²) in [5.41, 5.74) is 2.12. The minimum absolute atomic E-state index is 0.0452. The molecule has 1 heterocycles. The first-order chi connectivity index (χ1) is 11.1. The molecule has 6 heteroatoms. The highest BCUT2D eigenvalue weighted by atomic mass is 35.5. The number of halogens is 2.